The molecule has 0 spiro atoms. The van der Waals surface area contributed by atoms with E-state index < -0.39 is 24.5 Å². The summed E-state index contributed by atoms with van der Waals surface area (Å²) in [6.07, 6.45) is 2.24. The zero-order valence-corrected chi connectivity index (χ0v) is 18.2. The number of carbonyl (C=O) groups excluding carboxylic acids is 3. The van der Waals surface area contributed by atoms with Crippen LogP contribution in [0.1, 0.15) is 68.4 Å². The Morgan fingerprint density at radius 1 is 1.14 bits per heavy atom. The molecule has 1 aliphatic rings. The molecule has 7 nitrogen and oxygen atoms in total. The highest BCUT2D eigenvalue weighted by Gasteiger charge is 2.29. The third kappa shape index (κ3) is 4.37. The minimum absolute atomic E-state index is 0.247. The zero-order valence-electron chi connectivity index (χ0n) is 17.4. The van der Waals surface area contributed by atoms with Crippen LogP contribution in [-0.2, 0) is 14.3 Å². The normalized spacial score (nSPS) is 13.3. The Morgan fingerprint density at radius 3 is 2.45 bits per heavy atom. The van der Waals surface area contributed by atoms with Gasteiger partial charge < -0.3 is 19.4 Å². The van der Waals surface area contributed by atoms with Crippen LogP contribution in [0, 0.1) is 27.7 Å². The van der Waals surface area contributed by atoms with Gasteiger partial charge in [0.15, 0.2) is 6.61 Å². The number of anilines is 1. The molecule has 8 heteroatoms. The molecule has 0 bridgehead atoms. The maximum atomic E-state index is 12.5. The molecule has 0 aliphatic heterocycles. The van der Waals surface area contributed by atoms with Crippen molar-refractivity contribution >= 4 is 34.2 Å². The highest BCUT2D eigenvalue weighted by Crippen LogP contribution is 2.38. The summed E-state index contributed by atoms with van der Waals surface area (Å²) in [5.41, 5.74) is 3.49. The number of hydrogen-bond donors (Lipinski definition) is 1. The average Bonchev–Trinajstić information content (AvgIpc) is 3.38. The van der Waals surface area contributed by atoms with Crippen molar-refractivity contribution in [2.75, 3.05) is 18.5 Å². The van der Waals surface area contributed by atoms with Crippen molar-refractivity contribution in [1.29, 1.82) is 0 Å². The lowest BCUT2D eigenvalue weighted by Gasteiger charge is -2.09. The van der Waals surface area contributed by atoms with Gasteiger partial charge in [-0.25, -0.2) is 9.59 Å². The highest BCUT2D eigenvalue weighted by atomic mass is 32.1. The number of nitrogens with one attached hydrogen (secondary N) is 1. The average molecular weight is 419 g/mol. The van der Waals surface area contributed by atoms with Crippen LogP contribution >= 0.6 is 11.3 Å². The number of aromatic nitrogens is 1. The standard InChI is InChI=1S/C21H26N2O5S/c1-6-27-21(26)18-12(3)14(5)29-19(18)22-17(24)10-28-20(25)16-9-11(2)23(13(16)4)15-7-8-15/h9,15H,6-8,10H2,1-5H3,(H,22,24). The maximum Gasteiger partial charge on any atom is 0.341 e. The lowest BCUT2D eigenvalue weighted by Crippen LogP contribution is -2.22. The number of ether oxygens (including phenoxy) is 2. The van der Waals surface area contributed by atoms with Gasteiger partial charge in [-0.15, -0.1) is 11.3 Å². The molecule has 1 fully saturated rings. The molecule has 1 saturated carbocycles. The molecule has 0 saturated heterocycles. The van der Waals surface area contributed by atoms with E-state index in [9.17, 15) is 14.4 Å². The van der Waals surface area contributed by atoms with E-state index in [1.807, 2.05) is 27.7 Å². The molecule has 0 atom stereocenters. The van der Waals surface area contributed by atoms with Crippen molar-refractivity contribution in [3.8, 4) is 0 Å². The Balaban J connectivity index is 1.65. The number of esters is 2. The highest BCUT2D eigenvalue weighted by molar-refractivity contribution is 7.16. The van der Waals surface area contributed by atoms with E-state index in [2.05, 4.69) is 9.88 Å². The van der Waals surface area contributed by atoms with Crippen LogP contribution < -0.4 is 5.32 Å². The van der Waals surface area contributed by atoms with Crippen LogP contribution in [-0.4, -0.2) is 35.6 Å². The van der Waals surface area contributed by atoms with Gasteiger partial charge in [-0.1, -0.05) is 0 Å². The van der Waals surface area contributed by atoms with E-state index in [-0.39, 0.29) is 6.61 Å². The fourth-order valence-corrected chi connectivity index (χ4v) is 4.48. The minimum atomic E-state index is -0.524. The van der Waals surface area contributed by atoms with E-state index in [0.717, 1.165) is 34.7 Å². The molecule has 0 radical (unpaired) electrons. The van der Waals surface area contributed by atoms with E-state index in [1.165, 1.54) is 11.3 Å². The number of hydrogen-bond acceptors (Lipinski definition) is 6. The monoisotopic (exact) mass is 418 g/mol. The van der Waals surface area contributed by atoms with Crippen molar-refractivity contribution in [2.24, 2.45) is 0 Å². The van der Waals surface area contributed by atoms with E-state index in [0.29, 0.717) is 22.2 Å². The molecule has 3 rings (SSSR count). The number of aryl methyl sites for hydroxylation is 2. The summed E-state index contributed by atoms with van der Waals surface area (Å²) < 4.78 is 12.5. The molecule has 29 heavy (non-hydrogen) atoms. The molecular formula is C21H26N2O5S. The molecular weight excluding hydrogens is 392 g/mol. The van der Waals surface area contributed by atoms with Crippen LogP contribution in [0.5, 0.6) is 0 Å². The lowest BCUT2D eigenvalue weighted by atomic mass is 10.1. The number of thiophene rings is 1. The Morgan fingerprint density at radius 2 is 1.83 bits per heavy atom. The van der Waals surface area contributed by atoms with Crippen molar-refractivity contribution in [2.45, 2.75) is 53.5 Å². The predicted molar refractivity (Wildman–Crippen MR) is 111 cm³/mol. The van der Waals surface area contributed by atoms with Gasteiger partial charge in [0, 0.05) is 22.3 Å². The van der Waals surface area contributed by atoms with Crippen LogP contribution in [0.15, 0.2) is 6.07 Å². The molecule has 2 aromatic heterocycles. The summed E-state index contributed by atoms with van der Waals surface area (Å²) in [4.78, 5) is 37.9. The maximum absolute atomic E-state index is 12.5. The Kier molecular flexibility index (Phi) is 6.12. The first-order valence-electron chi connectivity index (χ1n) is 9.67. The second-order valence-corrected chi connectivity index (χ2v) is 8.44. The van der Waals surface area contributed by atoms with E-state index in [1.54, 1.807) is 13.0 Å². The number of nitrogens with zero attached hydrogens (tertiary/aromatic N) is 1. The smallest absolute Gasteiger partial charge is 0.341 e. The summed E-state index contributed by atoms with van der Waals surface area (Å²) >= 11 is 1.30. The Hall–Kier alpha value is -2.61. The molecule has 2 aromatic rings. The van der Waals surface area contributed by atoms with Gasteiger partial charge in [-0.05, 0) is 59.1 Å². The first-order chi connectivity index (χ1) is 13.7. The molecule has 1 aliphatic carbocycles. The van der Waals surface area contributed by atoms with Gasteiger partial charge in [-0.2, -0.15) is 0 Å². The van der Waals surface area contributed by atoms with Gasteiger partial charge in [0.2, 0.25) is 0 Å². The molecule has 1 amide bonds. The van der Waals surface area contributed by atoms with Crippen LogP contribution in [0.25, 0.3) is 0 Å². The number of amides is 1. The Bertz CT molecular complexity index is 968. The molecule has 156 valence electrons. The first kappa shape index (κ1) is 21.1. The number of rotatable bonds is 7. The summed E-state index contributed by atoms with van der Waals surface area (Å²) in [5, 5.41) is 3.08. The quantitative estimate of drug-likeness (QED) is 0.685. The van der Waals surface area contributed by atoms with Crippen molar-refractivity contribution < 1.29 is 23.9 Å². The third-order valence-corrected chi connectivity index (χ3v) is 6.19. The van der Waals surface area contributed by atoms with Crippen LogP contribution in [0.3, 0.4) is 0 Å². The van der Waals surface area contributed by atoms with Gasteiger partial charge >= 0.3 is 11.9 Å². The molecule has 1 N–H and O–H groups in total. The summed E-state index contributed by atoms with van der Waals surface area (Å²) in [7, 11) is 0. The third-order valence-electron chi connectivity index (χ3n) is 5.07. The summed E-state index contributed by atoms with van der Waals surface area (Å²) in [6.45, 7) is 9.08. The SMILES string of the molecule is CCOC(=O)c1c(NC(=O)COC(=O)c2cc(C)n(C3CC3)c2C)sc(C)c1C. The van der Waals surface area contributed by atoms with Gasteiger partial charge in [0.05, 0.1) is 17.7 Å². The summed E-state index contributed by atoms with van der Waals surface area (Å²) in [6, 6.07) is 2.27. The first-order valence-corrected chi connectivity index (χ1v) is 10.5. The molecule has 0 aromatic carbocycles. The second-order valence-electron chi connectivity index (χ2n) is 7.22. The lowest BCUT2D eigenvalue weighted by molar-refractivity contribution is -0.119. The van der Waals surface area contributed by atoms with Crippen LogP contribution in [0.2, 0.25) is 0 Å². The summed E-state index contributed by atoms with van der Waals surface area (Å²) in [5.74, 6) is -1.50. The zero-order chi connectivity index (χ0) is 21.3. The van der Waals surface area contributed by atoms with Gasteiger partial charge in [0.1, 0.15) is 5.00 Å². The van der Waals surface area contributed by atoms with Crippen molar-refractivity contribution in [1.82, 2.24) is 4.57 Å². The van der Waals surface area contributed by atoms with Crippen molar-refractivity contribution in [3.05, 3.63) is 39.0 Å². The van der Waals surface area contributed by atoms with Crippen LogP contribution in [0.4, 0.5) is 5.00 Å². The largest absolute Gasteiger partial charge is 0.462 e. The Labute approximate surface area is 174 Å². The van der Waals surface area contributed by atoms with E-state index >= 15 is 0 Å². The second kappa shape index (κ2) is 8.41. The van der Waals surface area contributed by atoms with E-state index in [4.69, 9.17) is 9.47 Å². The van der Waals surface area contributed by atoms with Crippen molar-refractivity contribution in [3.63, 3.8) is 0 Å². The fourth-order valence-electron chi connectivity index (χ4n) is 3.41. The van der Waals surface area contributed by atoms with Gasteiger partial charge in [0.25, 0.3) is 5.91 Å². The van der Waals surface area contributed by atoms with Gasteiger partial charge in [-0.3, -0.25) is 4.79 Å². The molecule has 2 heterocycles. The predicted octanol–water partition coefficient (Wildman–Crippen LogP) is 4.09. The minimum Gasteiger partial charge on any atom is -0.462 e. The fraction of sp³-hybridized carbons (Fsp3) is 0.476. The number of carbonyl (C=O) groups is 3. The topological polar surface area (TPSA) is 86.6 Å². The molecule has 0 unspecified atom stereocenters.